The lowest BCUT2D eigenvalue weighted by Gasteiger charge is -2.29. The fraction of sp³-hybridized carbons (Fsp3) is 0.429. The molecule has 1 aliphatic heterocycles. The lowest BCUT2D eigenvalue weighted by Crippen LogP contribution is -2.29. The number of benzene rings is 1. The van der Waals surface area contributed by atoms with E-state index in [1.165, 1.54) is 18.4 Å². The third kappa shape index (κ3) is 5.01. The van der Waals surface area contributed by atoms with Gasteiger partial charge in [-0.15, -0.1) is 0 Å². The van der Waals surface area contributed by atoms with Gasteiger partial charge in [-0.25, -0.2) is 19.3 Å². The zero-order chi connectivity index (χ0) is 26.3. The number of hydrogen-bond donors (Lipinski definition) is 2. The summed E-state index contributed by atoms with van der Waals surface area (Å²) >= 11 is 0. The summed E-state index contributed by atoms with van der Waals surface area (Å²) < 4.78 is 3.34. The number of nitrogens with one attached hydrogen (secondary N) is 1. The Balaban J connectivity index is 1.51. The smallest absolute Gasteiger partial charge is 0.278 e. The van der Waals surface area contributed by atoms with Crippen molar-refractivity contribution in [1.29, 1.82) is 0 Å². The maximum absolute atomic E-state index is 13.3. The van der Waals surface area contributed by atoms with Crippen LogP contribution in [0, 0.1) is 0 Å². The largest absolute Gasteiger partial charge is 0.384 e. The van der Waals surface area contributed by atoms with Gasteiger partial charge >= 0.3 is 0 Å². The molecule has 2 N–H and O–H groups in total. The molecule has 1 aromatic carbocycles. The Hall–Kier alpha value is -3.56. The third-order valence-corrected chi connectivity index (χ3v) is 7.05. The molecule has 0 spiro atoms. The molecule has 0 unspecified atom stereocenters. The van der Waals surface area contributed by atoms with Crippen molar-refractivity contribution >= 4 is 22.7 Å². The maximum atomic E-state index is 13.3. The van der Waals surface area contributed by atoms with E-state index in [0.29, 0.717) is 34.4 Å². The minimum atomic E-state index is -1.12. The predicted octanol–water partition coefficient (Wildman–Crippen LogP) is 4.34. The first-order chi connectivity index (χ1) is 17.6. The molecule has 1 aliphatic rings. The Bertz CT molecular complexity index is 1460. The SMILES string of the molecule is CC(C)n1c(=O)c2cnc(Nc3ccc(C4CCN(C)CC4)cc3)nc2n1-c1cccc(C(C)(C)O)n1. The van der Waals surface area contributed by atoms with E-state index in [1.807, 2.05) is 26.0 Å². The number of aromatic nitrogens is 5. The van der Waals surface area contributed by atoms with Gasteiger partial charge in [-0.3, -0.25) is 4.79 Å². The van der Waals surface area contributed by atoms with Gasteiger partial charge in [0.1, 0.15) is 11.0 Å². The van der Waals surface area contributed by atoms with Gasteiger partial charge in [-0.1, -0.05) is 18.2 Å². The molecule has 4 heterocycles. The number of pyridine rings is 1. The lowest BCUT2D eigenvalue weighted by atomic mass is 9.89. The van der Waals surface area contributed by atoms with Crippen LogP contribution in [-0.4, -0.2) is 54.5 Å². The minimum Gasteiger partial charge on any atom is -0.384 e. The normalized spacial score (nSPS) is 15.5. The topological polar surface area (TPSA) is 101 Å². The number of hydrogen-bond acceptors (Lipinski definition) is 7. The minimum absolute atomic E-state index is 0.141. The molecule has 1 fully saturated rings. The number of piperidine rings is 1. The van der Waals surface area contributed by atoms with Crippen molar-refractivity contribution in [3.05, 3.63) is 70.3 Å². The summed E-state index contributed by atoms with van der Waals surface area (Å²) in [7, 11) is 2.18. The molecule has 0 atom stereocenters. The van der Waals surface area contributed by atoms with Crippen LogP contribution in [0.2, 0.25) is 0 Å². The second-order valence-electron chi connectivity index (χ2n) is 10.8. The summed E-state index contributed by atoms with van der Waals surface area (Å²) in [6.45, 7) is 9.51. The summed E-state index contributed by atoms with van der Waals surface area (Å²) in [6, 6.07) is 13.7. The molecule has 9 nitrogen and oxygen atoms in total. The van der Waals surface area contributed by atoms with Crippen LogP contribution < -0.4 is 10.9 Å². The highest BCUT2D eigenvalue weighted by Crippen LogP contribution is 2.29. The van der Waals surface area contributed by atoms with Gasteiger partial charge in [0.25, 0.3) is 5.56 Å². The van der Waals surface area contributed by atoms with Crippen molar-refractivity contribution in [3.8, 4) is 5.82 Å². The summed E-state index contributed by atoms with van der Waals surface area (Å²) in [5, 5.41) is 14.2. The molecule has 0 amide bonds. The average Bonchev–Trinajstić information content (AvgIpc) is 3.16. The van der Waals surface area contributed by atoms with E-state index >= 15 is 0 Å². The molecule has 194 valence electrons. The monoisotopic (exact) mass is 501 g/mol. The van der Waals surface area contributed by atoms with Gasteiger partial charge in [0.05, 0.1) is 5.69 Å². The highest BCUT2D eigenvalue weighted by molar-refractivity contribution is 5.77. The van der Waals surface area contributed by atoms with Gasteiger partial charge in [0.2, 0.25) is 5.95 Å². The summed E-state index contributed by atoms with van der Waals surface area (Å²) in [5.41, 5.74) is 1.90. The van der Waals surface area contributed by atoms with Crippen molar-refractivity contribution in [2.45, 2.75) is 58.1 Å². The molecule has 3 aromatic heterocycles. The van der Waals surface area contributed by atoms with Crippen molar-refractivity contribution in [1.82, 2.24) is 29.2 Å². The predicted molar refractivity (Wildman–Crippen MR) is 146 cm³/mol. The van der Waals surface area contributed by atoms with Crippen LogP contribution >= 0.6 is 0 Å². The highest BCUT2D eigenvalue weighted by atomic mass is 16.3. The Morgan fingerprint density at radius 3 is 2.41 bits per heavy atom. The van der Waals surface area contributed by atoms with Crippen LogP contribution in [0.4, 0.5) is 11.6 Å². The summed E-state index contributed by atoms with van der Waals surface area (Å²) in [6.07, 6.45) is 3.92. The van der Waals surface area contributed by atoms with E-state index in [9.17, 15) is 9.90 Å². The molecule has 4 aromatic rings. The van der Waals surface area contributed by atoms with Crippen LogP contribution in [-0.2, 0) is 5.60 Å². The van der Waals surface area contributed by atoms with E-state index in [1.54, 1.807) is 35.5 Å². The van der Waals surface area contributed by atoms with Crippen LogP contribution in [0.15, 0.2) is 53.5 Å². The summed E-state index contributed by atoms with van der Waals surface area (Å²) in [5.74, 6) is 1.50. The number of rotatable bonds is 6. The second kappa shape index (κ2) is 9.72. The Morgan fingerprint density at radius 2 is 1.76 bits per heavy atom. The number of anilines is 2. The first-order valence-electron chi connectivity index (χ1n) is 12.9. The first kappa shape index (κ1) is 25.1. The van der Waals surface area contributed by atoms with E-state index < -0.39 is 5.60 Å². The lowest BCUT2D eigenvalue weighted by molar-refractivity contribution is 0.0738. The quantitative estimate of drug-likeness (QED) is 0.405. The highest BCUT2D eigenvalue weighted by Gasteiger charge is 2.23. The molecular formula is C28H35N7O2. The van der Waals surface area contributed by atoms with Crippen molar-refractivity contribution in [3.63, 3.8) is 0 Å². The maximum Gasteiger partial charge on any atom is 0.278 e. The molecule has 0 bridgehead atoms. The molecule has 0 saturated carbocycles. The number of nitrogens with zero attached hydrogens (tertiary/aromatic N) is 6. The Morgan fingerprint density at radius 1 is 1.05 bits per heavy atom. The molecular weight excluding hydrogens is 466 g/mol. The average molecular weight is 502 g/mol. The van der Waals surface area contributed by atoms with Crippen LogP contribution in [0.25, 0.3) is 16.9 Å². The zero-order valence-electron chi connectivity index (χ0n) is 22.1. The fourth-order valence-electron chi connectivity index (χ4n) is 4.94. The Kier molecular flexibility index (Phi) is 6.59. The van der Waals surface area contributed by atoms with E-state index in [2.05, 4.69) is 51.5 Å². The third-order valence-electron chi connectivity index (χ3n) is 7.05. The number of aliphatic hydroxyl groups is 1. The molecule has 5 rings (SSSR count). The molecule has 37 heavy (non-hydrogen) atoms. The van der Waals surface area contributed by atoms with E-state index in [-0.39, 0.29) is 11.6 Å². The van der Waals surface area contributed by atoms with Crippen LogP contribution in [0.1, 0.15) is 63.8 Å². The van der Waals surface area contributed by atoms with E-state index in [0.717, 1.165) is 18.8 Å². The Labute approximate surface area is 216 Å². The molecule has 1 saturated heterocycles. The van der Waals surface area contributed by atoms with E-state index in [4.69, 9.17) is 4.98 Å². The van der Waals surface area contributed by atoms with Crippen LogP contribution in [0.5, 0.6) is 0 Å². The number of likely N-dealkylation sites (tertiary alicyclic amines) is 1. The van der Waals surface area contributed by atoms with Crippen molar-refractivity contribution in [2.24, 2.45) is 0 Å². The number of fused-ring (bicyclic) bond motifs is 1. The first-order valence-corrected chi connectivity index (χ1v) is 12.9. The molecule has 0 radical (unpaired) electrons. The van der Waals surface area contributed by atoms with Crippen molar-refractivity contribution < 1.29 is 5.11 Å². The van der Waals surface area contributed by atoms with Gasteiger partial charge < -0.3 is 15.3 Å². The van der Waals surface area contributed by atoms with Gasteiger partial charge in [-0.2, -0.15) is 4.98 Å². The van der Waals surface area contributed by atoms with Gasteiger partial charge in [0, 0.05) is 17.9 Å². The fourth-order valence-corrected chi connectivity index (χ4v) is 4.94. The van der Waals surface area contributed by atoms with Gasteiger partial charge in [-0.05, 0) is 96.4 Å². The second-order valence-corrected chi connectivity index (χ2v) is 10.8. The van der Waals surface area contributed by atoms with Gasteiger partial charge in [0.15, 0.2) is 11.5 Å². The molecule has 9 heteroatoms. The van der Waals surface area contributed by atoms with Crippen LogP contribution in [0.3, 0.4) is 0 Å². The molecule has 0 aliphatic carbocycles. The summed E-state index contributed by atoms with van der Waals surface area (Å²) in [4.78, 5) is 29.5. The van der Waals surface area contributed by atoms with Crippen molar-refractivity contribution in [2.75, 3.05) is 25.5 Å². The zero-order valence-corrected chi connectivity index (χ0v) is 22.1. The standard InChI is InChI=1S/C28H35N7O2/c1-18(2)34-26(36)22-17-29-27(30-21-11-9-19(10-12-21)20-13-15-33(5)16-14-20)32-25(22)35(34)24-8-6-7-23(31-24)28(3,4)37/h6-12,17-18,20,37H,13-16H2,1-5H3,(H,29,30,32).